The minimum absolute atomic E-state index is 0.749. The highest BCUT2D eigenvalue weighted by molar-refractivity contribution is 7.09. The largest absolute Gasteiger partial charge is 0.291 e. The summed E-state index contributed by atoms with van der Waals surface area (Å²) in [4.78, 5) is 6.99. The fraction of sp³-hybridized carbons (Fsp3) is 0.700. The van der Waals surface area contributed by atoms with Crippen molar-refractivity contribution in [2.24, 2.45) is 0 Å². The van der Waals surface area contributed by atoms with Gasteiger partial charge in [-0.15, -0.1) is 11.3 Å². The fourth-order valence-electron chi connectivity index (χ4n) is 2.00. The summed E-state index contributed by atoms with van der Waals surface area (Å²) in [7, 11) is 0. The molecule has 1 aliphatic heterocycles. The van der Waals surface area contributed by atoms with Crippen LogP contribution in [0.15, 0.2) is 5.38 Å². The molecule has 1 saturated heterocycles. The van der Waals surface area contributed by atoms with Crippen LogP contribution in [-0.4, -0.2) is 22.0 Å². The molecule has 0 saturated carbocycles. The Bertz CT molecular complexity index is 287. The Hall–Kier alpha value is -0.410. The van der Waals surface area contributed by atoms with Crippen LogP contribution in [0.4, 0.5) is 0 Å². The van der Waals surface area contributed by atoms with E-state index >= 15 is 0 Å². The van der Waals surface area contributed by atoms with Crippen LogP contribution in [0.1, 0.15) is 31.0 Å². The Labute approximate surface area is 83.6 Å². The number of aryl methyl sites for hydroxylation is 1. The molecular weight excluding hydrogens is 180 g/mol. The maximum absolute atomic E-state index is 4.48. The summed E-state index contributed by atoms with van der Waals surface area (Å²) in [6.45, 7) is 7.69. The Kier molecular flexibility index (Phi) is 2.39. The third kappa shape index (κ3) is 1.76. The van der Waals surface area contributed by atoms with Crippen LogP contribution in [0.5, 0.6) is 0 Å². The van der Waals surface area contributed by atoms with Gasteiger partial charge in [0.1, 0.15) is 5.01 Å². The van der Waals surface area contributed by atoms with E-state index in [1.807, 2.05) is 0 Å². The molecule has 0 bridgehead atoms. The molecule has 1 aromatic heterocycles. The molecule has 0 spiro atoms. The van der Waals surface area contributed by atoms with E-state index in [2.05, 4.69) is 36.0 Å². The van der Waals surface area contributed by atoms with E-state index in [1.54, 1.807) is 11.3 Å². The monoisotopic (exact) mass is 196 g/mol. The van der Waals surface area contributed by atoms with Gasteiger partial charge in [0.2, 0.25) is 0 Å². The molecule has 0 radical (unpaired) electrons. The average molecular weight is 196 g/mol. The molecular formula is C10H16N2S. The minimum atomic E-state index is 0.749. The Morgan fingerprint density at radius 1 is 1.54 bits per heavy atom. The molecule has 2 heterocycles. The summed E-state index contributed by atoms with van der Waals surface area (Å²) in [6.07, 6.45) is 1.34. The normalized spacial score (nSPS) is 28.8. The van der Waals surface area contributed by atoms with Crippen molar-refractivity contribution in [2.75, 3.05) is 0 Å². The van der Waals surface area contributed by atoms with E-state index in [0.29, 0.717) is 0 Å². The standard InChI is InChI=1S/C10H16N2S/c1-7-6-13-10(11-7)5-12-8(2)4-9(12)3/h6,8-9H,4-5H2,1-3H3. The third-order valence-electron chi connectivity index (χ3n) is 2.80. The van der Waals surface area contributed by atoms with E-state index in [-0.39, 0.29) is 0 Å². The lowest BCUT2D eigenvalue weighted by Crippen LogP contribution is -2.51. The maximum Gasteiger partial charge on any atom is 0.107 e. The van der Waals surface area contributed by atoms with Gasteiger partial charge in [-0.05, 0) is 27.2 Å². The van der Waals surface area contributed by atoms with Crippen LogP contribution in [0.2, 0.25) is 0 Å². The number of rotatable bonds is 2. The van der Waals surface area contributed by atoms with Crippen molar-refractivity contribution in [3.05, 3.63) is 16.1 Å². The van der Waals surface area contributed by atoms with Crippen LogP contribution in [0.25, 0.3) is 0 Å². The molecule has 2 atom stereocenters. The second-order valence-corrected chi connectivity index (χ2v) is 4.93. The highest BCUT2D eigenvalue weighted by Gasteiger charge is 2.31. The quantitative estimate of drug-likeness (QED) is 0.722. The zero-order valence-corrected chi connectivity index (χ0v) is 9.27. The molecule has 72 valence electrons. The summed E-state index contributed by atoms with van der Waals surface area (Å²) in [6, 6.07) is 1.50. The molecule has 2 unspecified atom stereocenters. The first-order valence-corrected chi connectivity index (χ1v) is 5.71. The molecule has 1 fully saturated rings. The molecule has 0 aliphatic carbocycles. The van der Waals surface area contributed by atoms with Gasteiger partial charge in [-0.1, -0.05) is 0 Å². The van der Waals surface area contributed by atoms with Gasteiger partial charge in [0.25, 0.3) is 0 Å². The van der Waals surface area contributed by atoms with Crippen molar-refractivity contribution in [3.8, 4) is 0 Å². The molecule has 1 aromatic rings. The van der Waals surface area contributed by atoms with E-state index in [1.165, 1.54) is 11.4 Å². The van der Waals surface area contributed by atoms with Crippen LogP contribution in [0, 0.1) is 6.92 Å². The lowest BCUT2D eigenvalue weighted by molar-refractivity contribution is 0.0295. The van der Waals surface area contributed by atoms with Gasteiger partial charge >= 0.3 is 0 Å². The number of likely N-dealkylation sites (tertiary alicyclic amines) is 1. The Morgan fingerprint density at radius 3 is 2.69 bits per heavy atom. The molecule has 3 heteroatoms. The Morgan fingerprint density at radius 2 is 2.23 bits per heavy atom. The first kappa shape index (κ1) is 9.16. The summed E-state index contributed by atoms with van der Waals surface area (Å²) in [5.41, 5.74) is 1.15. The van der Waals surface area contributed by atoms with Crippen molar-refractivity contribution in [1.82, 2.24) is 9.88 Å². The highest BCUT2D eigenvalue weighted by Crippen LogP contribution is 2.27. The number of aromatic nitrogens is 1. The van der Waals surface area contributed by atoms with Gasteiger partial charge in [0, 0.05) is 23.2 Å². The summed E-state index contributed by atoms with van der Waals surface area (Å²) in [5.74, 6) is 0. The minimum Gasteiger partial charge on any atom is -0.291 e. The second-order valence-electron chi connectivity index (χ2n) is 3.99. The van der Waals surface area contributed by atoms with Crippen LogP contribution in [0.3, 0.4) is 0 Å². The average Bonchev–Trinajstić information content (AvgIpc) is 2.48. The van der Waals surface area contributed by atoms with Crippen LogP contribution >= 0.6 is 11.3 Å². The summed E-state index contributed by atoms with van der Waals surface area (Å²) < 4.78 is 0. The fourth-order valence-corrected chi connectivity index (χ4v) is 2.78. The smallest absolute Gasteiger partial charge is 0.107 e. The Balaban J connectivity index is 1.98. The number of thiazole rings is 1. The second kappa shape index (κ2) is 3.39. The van der Waals surface area contributed by atoms with E-state index in [0.717, 1.165) is 24.3 Å². The SMILES string of the molecule is Cc1csc(CN2C(C)CC2C)n1. The molecule has 0 N–H and O–H groups in total. The molecule has 1 aliphatic rings. The van der Waals surface area contributed by atoms with Crippen molar-refractivity contribution in [3.63, 3.8) is 0 Å². The molecule has 0 amide bonds. The molecule has 2 nitrogen and oxygen atoms in total. The highest BCUT2D eigenvalue weighted by atomic mass is 32.1. The first-order valence-electron chi connectivity index (χ1n) is 4.83. The maximum atomic E-state index is 4.48. The van der Waals surface area contributed by atoms with Crippen molar-refractivity contribution in [1.29, 1.82) is 0 Å². The third-order valence-corrected chi connectivity index (χ3v) is 3.75. The van der Waals surface area contributed by atoms with Crippen LogP contribution < -0.4 is 0 Å². The van der Waals surface area contributed by atoms with E-state index < -0.39 is 0 Å². The first-order chi connectivity index (χ1) is 6.16. The van der Waals surface area contributed by atoms with Crippen molar-refractivity contribution in [2.45, 2.75) is 45.8 Å². The number of hydrogen-bond acceptors (Lipinski definition) is 3. The predicted molar refractivity (Wildman–Crippen MR) is 55.9 cm³/mol. The zero-order chi connectivity index (χ0) is 9.42. The number of hydrogen-bond donors (Lipinski definition) is 0. The predicted octanol–water partition coefficient (Wildman–Crippen LogP) is 2.43. The van der Waals surface area contributed by atoms with Gasteiger partial charge in [0.05, 0.1) is 6.54 Å². The van der Waals surface area contributed by atoms with E-state index in [9.17, 15) is 0 Å². The van der Waals surface area contributed by atoms with Crippen LogP contribution in [-0.2, 0) is 6.54 Å². The van der Waals surface area contributed by atoms with Gasteiger partial charge in [-0.25, -0.2) is 4.98 Å². The van der Waals surface area contributed by atoms with Gasteiger partial charge in [-0.3, -0.25) is 4.90 Å². The van der Waals surface area contributed by atoms with Gasteiger partial charge in [0.15, 0.2) is 0 Å². The van der Waals surface area contributed by atoms with E-state index in [4.69, 9.17) is 0 Å². The molecule has 2 rings (SSSR count). The van der Waals surface area contributed by atoms with Gasteiger partial charge < -0.3 is 0 Å². The van der Waals surface area contributed by atoms with Gasteiger partial charge in [-0.2, -0.15) is 0 Å². The lowest BCUT2D eigenvalue weighted by atomic mass is 9.96. The number of nitrogens with zero attached hydrogens (tertiary/aromatic N) is 2. The summed E-state index contributed by atoms with van der Waals surface area (Å²) >= 11 is 1.78. The molecule has 13 heavy (non-hydrogen) atoms. The van der Waals surface area contributed by atoms with Crippen molar-refractivity contribution >= 4 is 11.3 Å². The molecule has 0 aromatic carbocycles. The van der Waals surface area contributed by atoms with Crippen molar-refractivity contribution < 1.29 is 0 Å². The zero-order valence-electron chi connectivity index (χ0n) is 8.45. The lowest BCUT2D eigenvalue weighted by Gasteiger charge is -2.45. The summed E-state index contributed by atoms with van der Waals surface area (Å²) in [5, 5.41) is 3.39. The topological polar surface area (TPSA) is 16.1 Å².